The zero-order valence-electron chi connectivity index (χ0n) is 12.7. The van der Waals surface area contributed by atoms with Gasteiger partial charge in [0.25, 0.3) is 0 Å². The van der Waals surface area contributed by atoms with Crippen molar-refractivity contribution in [2.24, 2.45) is 0 Å². The Hall–Kier alpha value is -2.20. The Balaban J connectivity index is 1.92. The van der Waals surface area contributed by atoms with E-state index in [1.165, 1.54) is 23.3 Å². The monoisotopic (exact) mass is 343 g/mol. The summed E-state index contributed by atoms with van der Waals surface area (Å²) in [5.41, 5.74) is 1.79. The van der Waals surface area contributed by atoms with Gasteiger partial charge in [0.1, 0.15) is 0 Å². The number of fused-ring (bicyclic) bond motifs is 2. The molecule has 0 saturated carbocycles. The molecular weight excluding hydrogens is 329 g/mol. The maximum absolute atomic E-state index is 13.1. The highest BCUT2D eigenvalue weighted by Crippen LogP contribution is 2.41. The van der Waals surface area contributed by atoms with Gasteiger partial charge in [-0.25, -0.2) is 0 Å². The van der Waals surface area contributed by atoms with Crippen LogP contribution in [0.3, 0.4) is 0 Å². The van der Waals surface area contributed by atoms with Crippen LogP contribution in [0.4, 0.5) is 13.2 Å². The molecule has 1 aliphatic heterocycles. The largest absolute Gasteiger partial charge is 0.416 e. The van der Waals surface area contributed by atoms with Crippen molar-refractivity contribution in [1.82, 2.24) is 0 Å². The summed E-state index contributed by atoms with van der Waals surface area (Å²) in [6, 6.07) is 21.8. The molecule has 0 radical (unpaired) electrons. The third kappa shape index (κ3) is 2.61. The van der Waals surface area contributed by atoms with Crippen LogP contribution in [-0.2, 0) is 23.5 Å². The van der Waals surface area contributed by atoms with Crippen LogP contribution in [0.15, 0.2) is 87.5 Å². The van der Waals surface area contributed by atoms with Gasteiger partial charge in [0.15, 0.2) is 14.7 Å². The standard InChI is InChI=1S/C20H14F3S/c21-20(22,23)16-8-5-9-17(13-16)24-18-10-3-1-6-14(18)12-15-7-2-4-11-19(15)24/h1-11,13H,12H2/q+1. The highest BCUT2D eigenvalue weighted by Gasteiger charge is 2.39. The van der Waals surface area contributed by atoms with Crippen molar-refractivity contribution in [2.45, 2.75) is 27.3 Å². The van der Waals surface area contributed by atoms with E-state index in [4.69, 9.17) is 0 Å². The van der Waals surface area contributed by atoms with E-state index in [2.05, 4.69) is 12.1 Å². The molecule has 3 aromatic rings. The third-order valence-corrected chi connectivity index (χ3v) is 6.56. The van der Waals surface area contributed by atoms with Crippen LogP contribution >= 0.6 is 0 Å². The molecule has 0 bridgehead atoms. The Morgan fingerprint density at radius 3 is 1.88 bits per heavy atom. The van der Waals surface area contributed by atoms with E-state index < -0.39 is 22.6 Å². The summed E-state index contributed by atoms with van der Waals surface area (Å²) in [6.45, 7) is 0. The molecule has 0 amide bonds. The van der Waals surface area contributed by atoms with Crippen molar-refractivity contribution in [2.75, 3.05) is 0 Å². The van der Waals surface area contributed by atoms with E-state index >= 15 is 0 Å². The second-order valence-corrected chi connectivity index (χ2v) is 7.69. The first-order valence-corrected chi connectivity index (χ1v) is 8.84. The summed E-state index contributed by atoms with van der Waals surface area (Å²) in [5, 5.41) is 0. The van der Waals surface area contributed by atoms with E-state index in [0.717, 1.165) is 22.3 Å². The normalized spacial score (nSPS) is 14.1. The lowest BCUT2D eigenvalue weighted by Crippen LogP contribution is -2.16. The highest BCUT2D eigenvalue weighted by atomic mass is 32.2. The van der Waals surface area contributed by atoms with Gasteiger partial charge in [0.05, 0.1) is 16.5 Å². The molecule has 3 aromatic carbocycles. The van der Waals surface area contributed by atoms with Gasteiger partial charge in [-0.15, -0.1) is 0 Å². The Kier molecular flexibility index (Phi) is 3.65. The minimum Gasteiger partial charge on any atom is -0.166 e. The van der Waals surface area contributed by atoms with Gasteiger partial charge in [-0.05, 0) is 24.3 Å². The molecule has 24 heavy (non-hydrogen) atoms. The Bertz CT molecular complexity index is 854. The lowest BCUT2D eigenvalue weighted by molar-refractivity contribution is -0.137. The summed E-state index contributed by atoms with van der Waals surface area (Å²) in [5.74, 6) is 0. The molecule has 1 aliphatic rings. The summed E-state index contributed by atoms with van der Waals surface area (Å²) in [6.07, 6.45) is -3.50. The number of benzene rings is 3. The first kappa shape index (κ1) is 15.3. The van der Waals surface area contributed by atoms with E-state index in [0.29, 0.717) is 4.90 Å². The molecule has 0 aromatic heterocycles. The fraction of sp³-hybridized carbons (Fsp3) is 0.100. The number of hydrogen-bond donors (Lipinski definition) is 0. The molecule has 1 heterocycles. The Morgan fingerprint density at radius 2 is 1.29 bits per heavy atom. The van der Waals surface area contributed by atoms with E-state index in [-0.39, 0.29) is 0 Å². The molecule has 120 valence electrons. The molecule has 0 N–H and O–H groups in total. The van der Waals surface area contributed by atoms with Gasteiger partial charge in [0, 0.05) is 23.6 Å². The lowest BCUT2D eigenvalue weighted by Gasteiger charge is -2.19. The molecule has 0 atom stereocenters. The summed E-state index contributed by atoms with van der Waals surface area (Å²) >= 11 is 0. The average molecular weight is 343 g/mol. The molecule has 0 nitrogen and oxygen atoms in total. The van der Waals surface area contributed by atoms with Crippen molar-refractivity contribution in [1.29, 1.82) is 0 Å². The number of hydrogen-bond acceptors (Lipinski definition) is 0. The Labute approximate surface area is 141 Å². The van der Waals surface area contributed by atoms with Crippen LogP contribution < -0.4 is 0 Å². The molecule has 0 fully saturated rings. The minimum absolute atomic E-state index is 0.503. The molecule has 0 saturated heterocycles. The van der Waals surface area contributed by atoms with Crippen LogP contribution in [0.5, 0.6) is 0 Å². The molecule has 0 spiro atoms. The van der Waals surface area contributed by atoms with Crippen LogP contribution in [0.25, 0.3) is 0 Å². The van der Waals surface area contributed by atoms with Crippen LogP contribution in [0.1, 0.15) is 16.7 Å². The highest BCUT2D eigenvalue weighted by molar-refractivity contribution is 7.97. The Morgan fingerprint density at radius 1 is 0.708 bits per heavy atom. The zero-order valence-corrected chi connectivity index (χ0v) is 13.5. The summed E-state index contributed by atoms with van der Waals surface area (Å²) in [4.78, 5) is 2.95. The molecule has 4 rings (SSSR count). The smallest absolute Gasteiger partial charge is 0.166 e. The van der Waals surface area contributed by atoms with Crippen molar-refractivity contribution in [3.63, 3.8) is 0 Å². The zero-order chi connectivity index (χ0) is 16.7. The average Bonchev–Trinajstić information content (AvgIpc) is 2.59. The van der Waals surface area contributed by atoms with Gasteiger partial charge >= 0.3 is 6.18 Å². The van der Waals surface area contributed by atoms with Crippen LogP contribution in [-0.4, -0.2) is 0 Å². The van der Waals surface area contributed by atoms with Crippen molar-refractivity contribution in [3.8, 4) is 0 Å². The SMILES string of the molecule is FC(F)(F)c1cccc([S+]2c3ccccc3Cc3ccccc32)c1. The topological polar surface area (TPSA) is 0 Å². The van der Waals surface area contributed by atoms with Gasteiger partial charge in [-0.2, -0.15) is 13.2 Å². The predicted molar refractivity (Wildman–Crippen MR) is 89.3 cm³/mol. The minimum atomic E-state index is -4.33. The van der Waals surface area contributed by atoms with E-state index in [1.807, 2.05) is 36.4 Å². The van der Waals surface area contributed by atoms with Crippen LogP contribution in [0, 0.1) is 0 Å². The number of rotatable bonds is 1. The number of halogens is 3. The van der Waals surface area contributed by atoms with Gasteiger partial charge in [-0.1, -0.05) is 42.5 Å². The fourth-order valence-corrected chi connectivity index (χ4v) is 5.51. The third-order valence-electron chi connectivity index (χ3n) is 4.16. The first-order valence-electron chi connectivity index (χ1n) is 7.61. The van der Waals surface area contributed by atoms with Gasteiger partial charge in [0.2, 0.25) is 0 Å². The summed E-state index contributed by atoms with van der Waals surface area (Å²) in [7, 11) is -0.503. The fourth-order valence-electron chi connectivity index (χ4n) is 3.07. The number of alkyl halides is 3. The molecule has 0 unspecified atom stereocenters. The second-order valence-electron chi connectivity index (χ2n) is 5.72. The van der Waals surface area contributed by atoms with Gasteiger partial charge < -0.3 is 0 Å². The maximum atomic E-state index is 13.1. The second kappa shape index (κ2) is 5.71. The van der Waals surface area contributed by atoms with Crippen molar-refractivity contribution < 1.29 is 13.2 Å². The first-order chi connectivity index (χ1) is 11.5. The molecular formula is C20H14F3S+. The molecule has 0 aliphatic carbocycles. The predicted octanol–water partition coefficient (Wildman–Crippen LogP) is 5.71. The molecule has 4 heteroatoms. The van der Waals surface area contributed by atoms with Crippen molar-refractivity contribution in [3.05, 3.63) is 89.5 Å². The van der Waals surface area contributed by atoms with E-state index in [1.54, 1.807) is 6.07 Å². The summed E-state index contributed by atoms with van der Waals surface area (Å²) < 4.78 is 39.4. The van der Waals surface area contributed by atoms with Crippen molar-refractivity contribution >= 4 is 10.9 Å². The van der Waals surface area contributed by atoms with Crippen LogP contribution in [0.2, 0.25) is 0 Å². The van der Waals surface area contributed by atoms with E-state index in [9.17, 15) is 13.2 Å². The maximum Gasteiger partial charge on any atom is 0.416 e. The van der Waals surface area contributed by atoms with Gasteiger partial charge in [-0.3, -0.25) is 0 Å². The quantitative estimate of drug-likeness (QED) is 0.389. The lowest BCUT2D eigenvalue weighted by atomic mass is 10.0.